The van der Waals surface area contributed by atoms with Gasteiger partial charge in [0.2, 0.25) is 0 Å². The van der Waals surface area contributed by atoms with Gasteiger partial charge >= 0.3 is 6.36 Å². The van der Waals surface area contributed by atoms with Crippen molar-refractivity contribution in [3.05, 3.63) is 35.4 Å². The number of benzene rings is 1. The molecule has 0 atom stereocenters. The van der Waals surface area contributed by atoms with Crippen molar-refractivity contribution in [1.29, 1.82) is 0 Å². The zero-order valence-corrected chi connectivity index (χ0v) is 15.6. The Kier molecular flexibility index (Phi) is 5.99. The molecule has 0 heterocycles. The lowest BCUT2D eigenvalue weighted by atomic mass is 9.65. The van der Waals surface area contributed by atoms with Gasteiger partial charge in [-0.1, -0.05) is 44.7 Å². The van der Waals surface area contributed by atoms with Gasteiger partial charge in [0.1, 0.15) is 5.75 Å². The minimum absolute atomic E-state index is 0.00834. The largest absolute Gasteiger partial charge is 0.573 e. The van der Waals surface area contributed by atoms with Gasteiger partial charge in [0, 0.05) is 0 Å². The molecule has 0 aromatic heterocycles. The Morgan fingerprint density at radius 1 is 1.04 bits per heavy atom. The first-order chi connectivity index (χ1) is 12.4. The molecule has 0 unspecified atom stereocenters. The fourth-order valence-corrected chi connectivity index (χ4v) is 4.88. The Balaban J connectivity index is 2.07. The standard InChI is InChI=1S/C22H29F3O/c1-2-13-21(14-7-4-8-15-21)20-16-18(26-22(23,24)25)11-12-19(20)17-9-5-3-6-10-17/h9,11-12,16H,2-8,10,13-15H2,1H3. The Morgan fingerprint density at radius 2 is 1.81 bits per heavy atom. The minimum atomic E-state index is -4.65. The van der Waals surface area contributed by atoms with Crippen LogP contribution in [-0.4, -0.2) is 6.36 Å². The van der Waals surface area contributed by atoms with Crippen LogP contribution in [0.1, 0.15) is 88.7 Å². The van der Waals surface area contributed by atoms with Crippen molar-refractivity contribution >= 4 is 5.57 Å². The van der Waals surface area contributed by atoms with Crippen molar-refractivity contribution in [2.45, 2.75) is 89.3 Å². The molecule has 0 radical (unpaired) electrons. The summed E-state index contributed by atoms with van der Waals surface area (Å²) >= 11 is 0. The van der Waals surface area contributed by atoms with E-state index in [4.69, 9.17) is 0 Å². The van der Waals surface area contributed by atoms with Crippen molar-refractivity contribution in [3.8, 4) is 5.75 Å². The molecule has 1 saturated carbocycles. The number of alkyl halides is 3. The van der Waals surface area contributed by atoms with E-state index in [-0.39, 0.29) is 11.2 Å². The Morgan fingerprint density at radius 3 is 2.42 bits per heavy atom. The van der Waals surface area contributed by atoms with Crippen LogP contribution in [0.15, 0.2) is 24.3 Å². The molecule has 2 aliphatic carbocycles. The Labute approximate surface area is 154 Å². The van der Waals surface area contributed by atoms with E-state index in [0.717, 1.165) is 68.9 Å². The first kappa shape index (κ1) is 19.3. The van der Waals surface area contributed by atoms with Crippen molar-refractivity contribution in [2.24, 2.45) is 0 Å². The Bertz CT molecular complexity index is 634. The molecule has 144 valence electrons. The molecule has 4 heteroatoms. The Hall–Kier alpha value is -1.45. The van der Waals surface area contributed by atoms with Crippen LogP contribution in [0, 0.1) is 0 Å². The number of hydrogen-bond donors (Lipinski definition) is 0. The maximum atomic E-state index is 12.8. The zero-order valence-electron chi connectivity index (χ0n) is 15.6. The predicted octanol–water partition coefficient (Wildman–Crippen LogP) is 7.54. The molecule has 3 rings (SSSR count). The van der Waals surface area contributed by atoms with E-state index < -0.39 is 6.36 Å². The van der Waals surface area contributed by atoms with Gasteiger partial charge in [-0.2, -0.15) is 0 Å². The van der Waals surface area contributed by atoms with Crippen molar-refractivity contribution in [2.75, 3.05) is 0 Å². The summed E-state index contributed by atoms with van der Waals surface area (Å²) in [6.07, 6.45) is 9.83. The lowest BCUT2D eigenvalue weighted by Gasteiger charge is -2.40. The number of rotatable bonds is 5. The van der Waals surface area contributed by atoms with E-state index in [1.165, 1.54) is 24.5 Å². The monoisotopic (exact) mass is 366 g/mol. The fourth-order valence-electron chi connectivity index (χ4n) is 4.88. The first-order valence-corrected chi connectivity index (χ1v) is 10.0. The van der Waals surface area contributed by atoms with Crippen LogP contribution in [0.25, 0.3) is 5.57 Å². The summed E-state index contributed by atoms with van der Waals surface area (Å²) in [4.78, 5) is 0. The van der Waals surface area contributed by atoms with E-state index in [9.17, 15) is 13.2 Å². The molecule has 0 bridgehead atoms. The molecule has 1 fully saturated rings. The van der Waals surface area contributed by atoms with Crippen LogP contribution >= 0.6 is 0 Å². The summed E-state index contributed by atoms with van der Waals surface area (Å²) in [5.41, 5.74) is 3.56. The summed E-state index contributed by atoms with van der Waals surface area (Å²) in [7, 11) is 0. The van der Waals surface area contributed by atoms with Gasteiger partial charge in [-0.05, 0) is 79.2 Å². The molecule has 0 saturated heterocycles. The highest BCUT2D eigenvalue weighted by Crippen LogP contribution is 2.47. The lowest BCUT2D eigenvalue weighted by Crippen LogP contribution is -2.30. The van der Waals surface area contributed by atoms with Gasteiger partial charge in [-0.15, -0.1) is 13.2 Å². The summed E-state index contributed by atoms with van der Waals surface area (Å²) in [6.45, 7) is 2.17. The van der Waals surface area contributed by atoms with Gasteiger partial charge in [-0.3, -0.25) is 0 Å². The topological polar surface area (TPSA) is 9.23 Å². The number of hydrogen-bond acceptors (Lipinski definition) is 1. The summed E-state index contributed by atoms with van der Waals surface area (Å²) < 4.78 is 42.6. The van der Waals surface area contributed by atoms with Crippen molar-refractivity contribution in [1.82, 2.24) is 0 Å². The molecule has 1 aromatic carbocycles. The second-order valence-corrected chi connectivity index (χ2v) is 7.82. The molecule has 26 heavy (non-hydrogen) atoms. The third-order valence-electron chi connectivity index (χ3n) is 5.97. The summed E-state index contributed by atoms with van der Waals surface area (Å²) in [5.74, 6) is -0.0753. The van der Waals surface area contributed by atoms with E-state index in [0.29, 0.717) is 0 Å². The summed E-state index contributed by atoms with van der Waals surface area (Å²) in [5, 5.41) is 0. The quantitative estimate of drug-likeness (QED) is 0.523. The maximum absolute atomic E-state index is 12.8. The van der Waals surface area contributed by atoms with Crippen LogP contribution < -0.4 is 4.74 Å². The first-order valence-electron chi connectivity index (χ1n) is 10.0. The van der Waals surface area contributed by atoms with Crippen LogP contribution in [0.4, 0.5) is 13.2 Å². The highest BCUT2D eigenvalue weighted by molar-refractivity contribution is 5.71. The average Bonchev–Trinajstić information content (AvgIpc) is 2.62. The molecular formula is C22H29F3O. The molecule has 0 aliphatic heterocycles. The zero-order chi connectivity index (χ0) is 18.6. The minimum Gasteiger partial charge on any atom is -0.406 e. The van der Waals surface area contributed by atoms with Crippen LogP contribution in [-0.2, 0) is 5.41 Å². The normalized spacial score (nSPS) is 20.5. The predicted molar refractivity (Wildman–Crippen MR) is 99.2 cm³/mol. The van der Waals surface area contributed by atoms with Gasteiger partial charge in [-0.25, -0.2) is 0 Å². The van der Waals surface area contributed by atoms with Crippen LogP contribution in [0.3, 0.4) is 0 Å². The van der Waals surface area contributed by atoms with Gasteiger partial charge in [0.15, 0.2) is 0 Å². The van der Waals surface area contributed by atoms with Crippen LogP contribution in [0.2, 0.25) is 0 Å². The van der Waals surface area contributed by atoms with E-state index in [1.54, 1.807) is 6.07 Å². The highest BCUT2D eigenvalue weighted by atomic mass is 19.4. The highest BCUT2D eigenvalue weighted by Gasteiger charge is 2.37. The molecule has 0 N–H and O–H groups in total. The van der Waals surface area contributed by atoms with Gasteiger partial charge in [0.05, 0.1) is 0 Å². The summed E-state index contributed by atoms with van der Waals surface area (Å²) in [6, 6.07) is 5.06. The van der Waals surface area contributed by atoms with Crippen molar-refractivity contribution < 1.29 is 17.9 Å². The van der Waals surface area contributed by atoms with Gasteiger partial charge in [0.25, 0.3) is 0 Å². The fraction of sp³-hybridized carbons (Fsp3) is 0.636. The molecule has 0 spiro atoms. The SMILES string of the molecule is CCCC1(c2cc(OC(F)(F)F)ccc2C2=CCCCC2)CCCCC1. The lowest BCUT2D eigenvalue weighted by molar-refractivity contribution is -0.274. The molecule has 1 aromatic rings. The number of halogens is 3. The number of allylic oxidation sites excluding steroid dienone is 2. The van der Waals surface area contributed by atoms with Crippen molar-refractivity contribution in [3.63, 3.8) is 0 Å². The second kappa shape index (κ2) is 8.06. The maximum Gasteiger partial charge on any atom is 0.573 e. The molecule has 1 nitrogen and oxygen atoms in total. The third-order valence-corrected chi connectivity index (χ3v) is 5.97. The van der Waals surface area contributed by atoms with Crippen LogP contribution in [0.5, 0.6) is 5.75 Å². The second-order valence-electron chi connectivity index (χ2n) is 7.82. The molecule has 2 aliphatic rings. The smallest absolute Gasteiger partial charge is 0.406 e. The number of ether oxygens (including phenoxy) is 1. The molecular weight excluding hydrogens is 337 g/mol. The third kappa shape index (κ3) is 4.44. The van der Waals surface area contributed by atoms with E-state index >= 15 is 0 Å². The average molecular weight is 366 g/mol. The molecule has 0 amide bonds. The van der Waals surface area contributed by atoms with E-state index in [1.807, 2.05) is 6.07 Å². The van der Waals surface area contributed by atoms with E-state index in [2.05, 4.69) is 17.7 Å². The van der Waals surface area contributed by atoms with Gasteiger partial charge < -0.3 is 4.74 Å².